The van der Waals surface area contributed by atoms with E-state index in [4.69, 9.17) is 14.2 Å². The number of carbonyl (C=O) groups excluding carboxylic acids is 1. The van der Waals surface area contributed by atoms with Crippen molar-refractivity contribution in [3.63, 3.8) is 0 Å². The lowest BCUT2D eigenvalue weighted by Crippen LogP contribution is -2.40. The third-order valence-electron chi connectivity index (χ3n) is 7.73. The Morgan fingerprint density at radius 3 is 1.76 bits per heavy atom. The molecular weight excluding hydrogens is 412 g/mol. The van der Waals surface area contributed by atoms with Crippen LogP contribution < -0.4 is 0 Å². The van der Waals surface area contributed by atoms with Crippen LogP contribution in [0.1, 0.15) is 87.7 Å². The highest BCUT2D eigenvalue weighted by Gasteiger charge is 2.45. The zero-order valence-electron chi connectivity index (χ0n) is 19.4. The zero-order chi connectivity index (χ0) is 22.5. The van der Waals surface area contributed by atoms with Crippen LogP contribution in [0.25, 0.3) is 0 Å². The molecule has 1 aliphatic heterocycles. The van der Waals surface area contributed by atoms with Crippen LogP contribution in [0.4, 0.5) is 0 Å². The minimum atomic E-state index is -0.757. The van der Waals surface area contributed by atoms with E-state index in [1.165, 1.54) is 64.2 Å². The van der Waals surface area contributed by atoms with Crippen LogP contribution in [0.2, 0.25) is 0 Å². The van der Waals surface area contributed by atoms with Crippen molar-refractivity contribution in [2.45, 2.75) is 88.8 Å². The summed E-state index contributed by atoms with van der Waals surface area (Å²) in [7, 11) is 0. The van der Waals surface area contributed by atoms with Crippen molar-refractivity contribution in [1.82, 2.24) is 0 Å². The van der Waals surface area contributed by atoms with Gasteiger partial charge in [-0.05, 0) is 43.1 Å². The van der Waals surface area contributed by atoms with Gasteiger partial charge in [0.05, 0.1) is 0 Å². The summed E-state index contributed by atoms with van der Waals surface area (Å²) in [5.41, 5.74) is 1.87. The van der Waals surface area contributed by atoms with Crippen molar-refractivity contribution < 1.29 is 19.0 Å². The van der Waals surface area contributed by atoms with Gasteiger partial charge in [0.2, 0.25) is 0 Å². The van der Waals surface area contributed by atoms with Crippen LogP contribution in [0.3, 0.4) is 0 Å². The van der Waals surface area contributed by atoms with Crippen LogP contribution >= 0.6 is 0 Å². The fourth-order valence-electron chi connectivity index (χ4n) is 5.99. The molecule has 2 aromatic rings. The highest BCUT2D eigenvalue weighted by molar-refractivity contribution is 5.76. The molecule has 0 unspecified atom stereocenters. The molecule has 0 N–H and O–H groups in total. The lowest BCUT2D eigenvalue weighted by molar-refractivity contribution is -0.171. The van der Waals surface area contributed by atoms with Crippen LogP contribution in [0.5, 0.6) is 0 Å². The summed E-state index contributed by atoms with van der Waals surface area (Å²) in [5, 5.41) is 0. The summed E-state index contributed by atoms with van der Waals surface area (Å²) in [6, 6.07) is 19.8. The average molecular weight is 449 g/mol. The van der Waals surface area contributed by atoms with Crippen LogP contribution in [-0.2, 0) is 19.0 Å². The van der Waals surface area contributed by atoms with E-state index < -0.39 is 18.5 Å². The van der Waals surface area contributed by atoms with Gasteiger partial charge in [-0.2, -0.15) is 0 Å². The molecule has 176 valence electrons. The van der Waals surface area contributed by atoms with Crippen LogP contribution in [0, 0.1) is 11.8 Å². The molecule has 0 spiro atoms. The van der Waals surface area contributed by atoms with Gasteiger partial charge in [0.25, 0.3) is 0 Å². The monoisotopic (exact) mass is 448 g/mol. The largest absolute Gasteiger partial charge is 0.460 e. The van der Waals surface area contributed by atoms with Crippen molar-refractivity contribution in [1.29, 1.82) is 0 Å². The van der Waals surface area contributed by atoms with Gasteiger partial charge in [-0.25, -0.2) is 4.79 Å². The molecule has 2 aromatic carbocycles. The molecule has 4 nitrogen and oxygen atoms in total. The molecule has 4 heteroatoms. The van der Waals surface area contributed by atoms with Crippen molar-refractivity contribution in [3.05, 3.63) is 71.8 Å². The summed E-state index contributed by atoms with van der Waals surface area (Å²) in [6.07, 6.45) is 10.5. The Balaban J connectivity index is 1.37. The van der Waals surface area contributed by atoms with Gasteiger partial charge in [-0.3, -0.25) is 0 Å². The maximum absolute atomic E-state index is 13.7. The molecule has 5 rings (SSSR count). The topological polar surface area (TPSA) is 44.8 Å². The third-order valence-corrected chi connectivity index (χ3v) is 7.73. The second-order valence-corrected chi connectivity index (χ2v) is 9.96. The van der Waals surface area contributed by atoms with E-state index in [1.54, 1.807) is 0 Å². The molecule has 0 aromatic heterocycles. The number of hydrogen-bond donors (Lipinski definition) is 0. The molecule has 3 atom stereocenters. The fraction of sp³-hybridized carbons (Fsp3) is 0.552. The summed E-state index contributed by atoms with van der Waals surface area (Å²) in [4.78, 5) is 13.7. The van der Waals surface area contributed by atoms with Crippen molar-refractivity contribution in [2.24, 2.45) is 11.8 Å². The van der Waals surface area contributed by atoms with Gasteiger partial charge in [0.15, 0.2) is 12.4 Å². The van der Waals surface area contributed by atoms with Crippen molar-refractivity contribution in [2.75, 3.05) is 0 Å². The molecule has 0 amide bonds. The Hall–Kier alpha value is -2.17. The number of carbonyl (C=O) groups is 1. The van der Waals surface area contributed by atoms with Crippen molar-refractivity contribution >= 4 is 5.97 Å². The van der Waals surface area contributed by atoms with Gasteiger partial charge in [0, 0.05) is 5.56 Å². The van der Waals surface area contributed by atoms with Gasteiger partial charge in [0.1, 0.15) is 12.2 Å². The van der Waals surface area contributed by atoms with Crippen LogP contribution in [-0.4, -0.2) is 18.2 Å². The highest BCUT2D eigenvalue weighted by atomic mass is 16.7. The number of esters is 1. The first-order valence-electron chi connectivity index (χ1n) is 12.9. The minimum absolute atomic E-state index is 0.00824. The lowest BCUT2D eigenvalue weighted by atomic mass is 9.75. The third kappa shape index (κ3) is 5.33. The first kappa shape index (κ1) is 22.6. The molecule has 2 aliphatic carbocycles. The second kappa shape index (κ2) is 10.8. The maximum atomic E-state index is 13.7. The normalized spacial score (nSPS) is 27.0. The number of rotatable bonds is 6. The Kier molecular flexibility index (Phi) is 7.43. The summed E-state index contributed by atoms with van der Waals surface area (Å²) < 4.78 is 19.0. The summed E-state index contributed by atoms with van der Waals surface area (Å²) in [5.74, 6) is 0.699. The molecule has 1 saturated heterocycles. The van der Waals surface area contributed by atoms with E-state index in [9.17, 15) is 4.79 Å². The zero-order valence-corrected chi connectivity index (χ0v) is 19.4. The minimum Gasteiger partial charge on any atom is -0.460 e. The molecule has 3 aliphatic rings. The quantitative estimate of drug-likeness (QED) is 0.450. The number of ether oxygens (including phenoxy) is 3. The predicted molar refractivity (Wildman–Crippen MR) is 127 cm³/mol. The Labute approximate surface area is 197 Å². The van der Waals surface area contributed by atoms with Gasteiger partial charge in [-0.15, -0.1) is 0 Å². The molecule has 0 bridgehead atoms. The Bertz CT molecular complexity index is 853. The standard InChI is InChI=1S/C29H36O4/c30-28(31-25(21-13-5-1-6-14-21)22-15-7-2-8-16-22)27-26(23-17-9-3-10-18-23)32-29(33-27)24-19-11-4-12-20-24/h3-4,9-12,17-22,25-27,29H,1-2,5-8,13-16H2/t26-,27+,29+/m0/s1. The molecule has 1 heterocycles. The van der Waals surface area contributed by atoms with E-state index in [2.05, 4.69) is 0 Å². The molecule has 33 heavy (non-hydrogen) atoms. The van der Waals surface area contributed by atoms with E-state index in [0.29, 0.717) is 11.8 Å². The number of hydrogen-bond acceptors (Lipinski definition) is 4. The average Bonchev–Trinajstić information content (AvgIpc) is 3.35. The van der Waals surface area contributed by atoms with E-state index in [1.807, 2.05) is 60.7 Å². The van der Waals surface area contributed by atoms with Gasteiger partial charge >= 0.3 is 5.97 Å². The summed E-state index contributed by atoms with van der Waals surface area (Å²) >= 11 is 0. The molecular formula is C29H36O4. The van der Waals surface area contributed by atoms with Crippen LogP contribution in [0.15, 0.2) is 60.7 Å². The molecule has 3 fully saturated rings. The highest BCUT2D eigenvalue weighted by Crippen LogP contribution is 2.42. The predicted octanol–water partition coefficient (Wildman–Crippen LogP) is 6.91. The molecule has 2 saturated carbocycles. The Morgan fingerprint density at radius 2 is 1.21 bits per heavy atom. The van der Waals surface area contributed by atoms with Gasteiger partial charge < -0.3 is 14.2 Å². The Morgan fingerprint density at radius 1 is 0.697 bits per heavy atom. The second-order valence-electron chi connectivity index (χ2n) is 9.96. The summed E-state index contributed by atoms with van der Waals surface area (Å²) in [6.45, 7) is 0. The first-order chi connectivity index (χ1) is 16.3. The van der Waals surface area contributed by atoms with E-state index in [-0.39, 0.29) is 12.1 Å². The fourth-order valence-corrected chi connectivity index (χ4v) is 5.99. The number of benzene rings is 2. The van der Waals surface area contributed by atoms with Gasteiger partial charge in [-0.1, -0.05) is 99.2 Å². The lowest BCUT2D eigenvalue weighted by Gasteiger charge is -2.37. The SMILES string of the molecule is O=C(OC(C1CCCCC1)C1CCCCC1)[C@@H]1O[C@H](c2ccccc2)O[C@H]1c1ccccc1. The van der Waals surface area contributed by atoms with E-state index >= 15 is 0 Å². The van der Waals surface area contributed by atoms with Crippen molar-refractivity contribution in [3.8, 4) is 0 Å². The smallest absolute Gasteiger partial charge is 0.338 e. The van der Waals surface area contributed by atoms with E-state index in [0.717, 1.165) is 11.1 Å². The molecule has 0 radical (unpaired) electrons. The first-order valence-corrected chi connectivity index (χ1v) is 12.9. The maximum Gasteiger partial charge on any atom is 0.338 e.